The number of amides is 2. The van der Waals surface area contributed by atoms with Gasteiger partial charge in [-0.3, -0.25) is 14.4 Å². The van der Waals surface area contributed by atoms with Gasteiger partial charge in [0.05, 0.1) is 18.6 Å². The molecule has 1 aliphatic carbocycles. The summed E-state index contributed by atoms with van der Waals surface area (Å²) in [5.41, 5.74) is 4.69. The lowest BCUT2D eigenvalue weighted by Crippen LogP contribution is -2.52. The van der Waals surface area contributed by atoms with Crippen LogP contribution in [0.25, 0.3) is 0 Å². The maximum atomic E-state index is 12.8. The zero-order valence-electron chi connectivity index (χ0n) is 15.1. The quantitative estimate of drug-likeness (QED) is 0.744. The SMILES string of the molecule is CC(C)CC(N)C(=O)N1CCC2C1C(=O)CN2C(=O)C1(O)CCCC1. The lowest BCUT2D eigenvalue weighted by Gasteiger charge is -2.31. The fourth-order valence-corrected chi connectivity index (χ4v) is 4.60. The van der Waals surface area contributed by atoms with E-state index in [2.05, 4.69) is 0 Å². The molecule has 7 nitrogen and oxygen atoms in total. The average Bonchev–Trinajstić information content (AvgIpc) is 3.23. The molecule has 0 aromatic heterocycles. The number of fused-ring (bicyclic) bond motifs is 1. The first kappa shape index (κ1) is 18.3. The first-order chi connectivity index (χ1) is 11.7. The summed E-state index contributed by atoms with van der Waals surface area (Å²) >= 11 is 0. The van der Waals surface area contributed by atoms with Crippen LogP contribution in [0.5, 0.6) is 0 Å². The van der Waals surface area contributed by atoms with Crippen molar-refractivity contribution in [1.29, 1.82) is 0 Å². The van der Waals surface area contributed by atoms with Gasteiger partial charge in [-0.1, -0.05) is 13.8 Å². The molecule has 2 aliphatic heterocycles. The maximum absolute atomic E-state index is 12.8. The molecule has 140 valence electrons. The fraction of sp³-hybridized carbons (Fsp3) is 0.833. The smallest absolute Gasteiger partial charge is 0.255 e. The molecule has 2 saturated heterocycles. The number of aliphatic hydroxyl groups is 1. The lowest BCUT2D eigenvalue weighted by molar-refractivity contribution is -0.152. The van der Waals surface area contributed by atoms with Crippen molar-refractivity contribution in [3.63, 3.8) is 0 Å². The van der Waals surface area contributed by atoms with Crippen molar-refractivity contribution in [2.24, 2.45) is 11.7 Å². The molecule has 3 aliphatic rings. The van der Waals surface area contributed by atoms with Gasteiger partial charge in [0.1, 0.15) is 11.6 Å². The third-order valence-corrected chi connectivity index (χ3v) is 5.84. The first-order valence-electron chi connectivity index (χ1n) is 9.37. The van der Waals surface area contributed by atoms with E-state index in [1.807, 2.05) is 13.8 Å². The van der Waals surface area contributed by atoms with Gasteiger partial charge in [-0.15, -0.1) is 0 Å². The molecule has 3 atom stereocenters. The predicted octanol–water partition coefficient (Wildman–Crippen LogP) is 0.0457. The van der Waals surface area contributed by atoms with Crippen LogP contribution < -0.4 is 5.73 Å². The second kappa shape index (κ2) is 6.68. The van der Waals surface area contributed by atoms with E-state index >= 15 is 0 Å². The third kappa shape index (κ3) is 3.19. The second-order valence-electron chi connectivity index (χ2n) is 8.21. The number of hydrogen-bond acceptors (Lipinski definition) is 5. The first-order valence-corrected chi connectivity index (χ1v) is 9.37. The van der Waals surface area contributed by atoms with Crippen LogP contribution in [0.3, 0.4) is 0 Å². The van der Waals surface area contributed by atoms with Crippen LogP contribution >= 0.6 is 0 Å². The molecule has 1 saturated carbocycles. The van der Waals surface area contributed by atoms with E-state index < -0.39 is 17.7 Å². The summed E-state index contributed by atoms with van der Waals surface area (Å²) in [6.07, 6.45) is 3.70. The maximum Gasteiger partial charge on any atom is 0.255 e. The highest BCUT2D eigenvalue weighted by molar-refractivity contribution is 5.99. The summed E-state index contributed by atoms with van der Waals surface area (Å²) in [7, 11) is 0. The minimum absolute atomic E-state index is 0.0142. The van der Waals surface area contributed by atoms with Gasteiger partial charge in [-0.05, 0) is 44.4 Å². The summed E-state index contributed by atoms with van der Waals surface area (Å²) in [5, 5.41) is 10.6. The number of carbonyl (C=O) groups excluding carboxylic acids is 3. The Morgan fingerprint density at radius 2 is 1.92 bits per heavy atom. The number of rotatable bonds is 4. The third-order valence-electron chi connectivity index (χ3n) is 5.84. The topological polar surface area (TPSA) is 104 Å². The van der Waals surface area contributed by atoms with Crippen molar-refractivity contribution < 1.29 is 19.5 Å². The van der Waals surface area contributed by atoms with E-state index in [-0.39, 0.29) is 30.2 Å². The Bertz CT molecular complexity index is 571. The summed E-state index contributed by atoms with van der Waals surface area (Å²) in [5.74, 6) is -0.371. The fourth-order valence-electron chi connectivity index (χ4n) is 4.60. The van der Waals surface area contributed by atoms with E-state index in [0.29, 0.717) is 38.1 Å². The summed E-state index contributed by atoms with van der Waals surface area (Å²) in [4.78, 5) is 41.1. The van der Waals surface area contributed by atoms with Crippen LogP contribution in [-0.2, 0) is 14.4 Å². The molecule has 25 heavy (non-hydrogen) atoms. The van der Waals surface area contributed by atoms with Crippen LogP contribution in [0.4, 0.5) is 0 Å². The van der Waals surface area contributed by atoms with Gasteiger partial charge < -0.3 is 20.6 Å². The monoisotopic (exact) mass is 351 g/mol. The summed E-state index contributed by atoms with van der Waals surface area (Å²) < 4.78 is 0. The van der Waals surface area contributed by atoms with Gasteiger partial charge in [0.15, 0.2) is 5.78 Å². The molecule has 0 bridgehead atoms. The number of nitrogens with two attached hydrogens (primary N) is 1. The van der Waals surface area contributed by atoms with Gasteiger partial charge in [0.25, 0.3) is 5.91 Å². The van der Waals surface area contributed by atoms with Crippen LogP contribution in [-0.4, -0.2) is 69.3 Å². The van der Waals surface area contributed by atoms with E-state index in [0.717, 1.165) is 12.8 Å². The van der Waals surface area contributed by atoms with Crippen LogP contribution in [0.15, 0.2) is 0 Å². The molecular formula is C18H29N3O4. The minimum Gasteiger partial charge on any atom is -0.380 e. The Morgan fingerprint density at radius 1 is 1.28 bits per heavy atom. The van der Waals surface area contributed by atoms with Crippen molar-refractivity contribution in [2.45, 2.75) is 76.1 Å². The minimum atomic E-state index is -1.33. The molecule has 7 heteroatoms. The number of hydrogen-bond donors (Lipinski definition) is 2. The van der Waals surface area contributed by atoms with E-state index in [1.54, 1.807) is 4.90 Å². The molecule has 2 amide bonds. The standard InChI is InChI=1S/C18H29N3O4/c1-11(2)9-12(19)16(23)20-8-5-13-15(20)14(22)10-21(13)17(24)18(25)6-3-4-7-18/h11-13,15,25H,3-10,19H2,1-2H3. The van der Waals surface area contributed by atoms with Crippen molar-refractivity contribution in [3.05, 3.63) is 0 Å². The van der Waals surface area contributed by atoms with E-state index in [4.69, 9.17) is 5.73 Å². The van der Waals surface area contributed by atoms with Gasteiger partial charge in [0.2, 0.25) is 5.91 Å². The molecule has 0 aromatic rings. The highest BCUT2D eigenvalue weighted by atomic mass is 16.3. The van der Waals surface area contributed by atoms with Gasteiger partial charge >= 0.3 is 0 Å². The highest BCUT2D eigenvalue weighted by Crippen LogP contribution is 2.36. The number of nitrogens with zero attached hydrogens (tertiary/aromatic N) is 2. The zero-order chi connectivity index (χ0) is 18.4. The molecule has 0 radical (unpaired) electrons. The Kier molecular flexibility index (Phi) is 4.90. The number of likely N-dealkylation sites (tertiary alicyclic amines) is 2. The van der Waals surface area contributed by atoms with Crippen molar-refractivity contribution in [1.82, 2.24) is 9.80 Å². The van der Waals surface area contributed by atoms with Crippen molar-refractivity contribution in [3.8, 4) is 0 Å². The highest BCUT2D eigenvalue weighted by Gasteiger charge is 2.55. The molecule has 3 rings (SSSR count). The van der Waals surface area contributed by atoms with Crippen LogP contribution in [0.2, 0.25) is 0 Å². The molecule has 3 N–H and O–H groups in total. The summed E-state index contributed by atoms with van der Waals surface area (Å²) in [6.45, 7) is 4.43. The van der Waals surface area contributed by atoms with Crippen LogP contribution in [0, 0.1) is 5.92 Å². The Balaban J connectivity index is 1.73. The van der Waals surface area contributed by atoms with Crippen molar-refractivity contribution >= 4 is 17.6 Å². The Hall–Kier alpha value is -1.47. The molecule has 0 aromatic carbocycles. The molecule has 3 unspecified atom stereocenters. The largest absolute Gasteiger partial charge is 0.380 e. The number of Topliss-reactive ketones (excluding diaryl/α,β-unsaturated/α-hetero) is 1. The summed E-state index contributed by atoms with van der Waals surface area (Å²) in [6, 6.07) is -1.53. The predicted molar refractivity (Wildman–Crippen MR) is 91.5 cm³/mol. The average molecular weight is 351 g/mol. The number of carbonyl (C=O) groups is 3. The Morgan fingerprint density at radius 3 is 2.52 bits per heavy atom. The van der Waals surface area contributed by atoms with E-state index in [9.17, 15) is 19.5 Å². The second-order valence-corrected chi connectivity index (χ2v) is 8.21. The van der Waals surface area contributed by atoms with Crippen LogP contribution in [0.1, 0.15) is 52.4 Å². The molecule has 3 fully saturated rings. The zero-order valence-corrected chi connectivity index (χ0v) is 15.1. The normalized spacial score (nSPS) is 29.4. The Labute approximate surface area is 148 Å². The number of ketones is 1. The van der Waals surface area contributed by atoms with Crippen molar-refractivity contribution in [2.75, 3.05) is 13.1 Å². The van der Waals surface area contributed by atoms with Gasteiger partial charge in [0, 0.05) is 6.54 Å². The van der Waals surface area contributed by atoms with Gasteiger partial charge in [-0.25, -0.2) is 0 Å². The van der Waals surface area contributed by atoms with Gasteiger partial charge in [-0.2, -0.15) is 0 Å². The molecule has 0 spiro atoms. The molecule has 2 heterocycles. The lowest BCUT2D eigenvalue weighted by atomic mass is 9.99. The van der Waals surface area contributed by atoms with E-state index in [1.165, 1.54) is 4.90 Å². The molecular weight excluding hydrogens is 322 g/mol.